The zero-order valence-corrected chi connectivity index (χ0v) is 39.7. The van der Waals surface area contributed by atoms with Crippen molar-refractivity contribution in [1.29, 1.82) is 0 Å². The molecule has 0 aliphatic carbocycles. The average Bonchev–Trinajstić information content (AvgIpc) is 3.25. The molecule has 0 fully saturated rings. The topological polar surface area (TPSA) is 498 Å². The number of aliphatic hydroxyl groups excluding tert-OH is 1. The van der Waals surface area contributed by atoms with Crippen molar-refractivity contribution in [1.82, 2.24) is 42.5 Å². The van der Waals surface area contributed by atoms with Crippen molar-refractivity contribution >= 4 is 89.7 Å². The maximum absolute atomic E-state index is 13.8. The van der Waals surface area contributed by atoms with Gasteiger partial charge >= 0.3 is 17.9 Å². The number of carbonyl (C=O) groups excluding carboxylic acids is 9. The summed E-state index contributed by atoms with van der Waals surface area (Å²) >= 11 is 4.07. The van der Waals surface area contributed by atoms with E-state index in [1.165, 1.54) is 27.7 Å². The van der Waals surface area contributed by atoms with Gasteiger partial charge in [-0.15, -0.1) is 0 Å². The number of aliphatic hydroxyl groups is 1. The molecule has 10 atom stereocenters. The largest absolute Gasteiger partial charge is 0.481 e. The van der Waals surface area contributed by atoms with Gasteiger partial charge in [0, 0.05) is 31.6 Å². The van der Waals surface area contributed by atoms with E-state index in [2.05, 4.69) is 60.2 Å². The smallest absolute Gasteiger partial charge is 0.326 e. The van der Waals surface area contributed by atoms with Crippen molar-refractivity contribution in [3.8, 4) is 0 Å². The number of carbonyl (C=O) groups is 12. The minimum absolute atomic E-state index is 0.0763. The van der Waals surface area contributed by atoms with E-state index < -0.39 is 175 Å². The molecule has 0 rings (SSSR count). The summed E-state index contributed by atoms with van der Waals surface area (Å²) in [4.78, 5) is 155. The van der Waals surface area contributed by atoms with E-state index in [4.69, 9.17) is 28.0 Å². The number of nitrogens with one attached hydrogen (secondary N) is 8. The first kappa shape index (κ1) is 62.2. The molecule has 0 saturated heterocycles. The third-order valence-corrected chi connectivity index (χ3v) is 10.2. The van der Waals surface area contributed by atoms with Gasteiger partial charge in [-0.05, 0) is 58.8 Å². The number of rotatable bonds is 33. The number of hydrogen-bond acceptors (Lipinski definition) is 16. The Kier molecular flexibility index (Phi) is 28.2. The van der Waals surface area contributed by atoms with Gasteiger partial charge in [0.25, 0.3) is 0 Å². The first-order valence-electron chi connectivity index (χ1n) is 21.5. The third-order valence-electron chi connectivity index (χ3n) is 9.79. The molecule has 29 nitrogen and oxygen atoms in total. The monoisotopic (exact) mass is 1010 g/mol. The highest BCUT2D eigenvalue weighted by Crippen LogP contribution is 2.09. The summed E-state index contributed by atoms with van der Waals surface area (Å²) in [5.41, 5.74) is 21.5. The van der Waals surface area contributed by atoms with Crippen LogP contribution in [0.5, 0.6) is 0 Å². The minimum Gasteiger partial charge on any atom is -0.481 e. The van der Waals surface area contributed by atoms with Crippen LogP contribution in [0, 0.1) is 5.92 Å². The van der Waals surface area contributed by atoms with Gasteiger partial charge < -0.3 is 85.9 Å². The van der Waals surface area contributed by atoms with Gasteiger partial charge in [0.15, 0.2) is 5.96 Å². The van der Waals surface area contributed by atoms with E-state index in [0.717, 1.165) is 6.92 Å². The van der Waals surface area contributed by atoms with Crippen molar-refractivity contribution < 1.29 is 78.0 Å². The van der Waals surface area contributed by atoms with Crippen LogP contribution in [0.1, 0.15) is 86.0 Å². The minimum atomic E-state index is -1.74. The number of carboxylic acid groups (broad SMARTS) is 3. The average molecular weight is 1010 g/mol. The van der Waals surface area contributed by atoms with E-state index in [1.807, 2.05) is 0 Å². The first-order valence-corrected chi connectivity index (χ1v) is 22.1. The summed E-state index contributed by atoms with van der Waals surface area (Å²) in [6, 6.07) is -13.6. The number of guanidine groups is 1. The van der Waals surface area contributed by atoms with Gasteiger partial charge in [0.1, 0.15) is 48.3 Å². The zero-order chi connectivity index (χ0) is 53.3. The van der Waals surface area contributed by atoms with Crippen molar-refractivity contribution in [2.45, 2.75) is 146 Å². The SMILES string of the molecule is CC(C)[C@H](NC(=O)[C@@H](NC(=O)[C@H](C)NC(=O)[C@@H](N)CCC(=O)O)[C@@H](C)O)C(=O)N[C@@H](CCC(N)=O)C(=O)N[C@@H](CCC(=O)O)C(=O)N[C@@H](CS)C(=O)N[C@@H](C)C(=O)N[C@@H](CCCN=C(N)N)C(=O)O. The van der Waals surface area contributed by atoms with Crippen LogP contribution in [-0.4, -0.2) is 170 Å². The van der Waals surface area contributed by atoms with Crippen LogP contribution in [0.4, 0.5) is 0 Å². The van der Waals surface area contributed by atoms with Gasteiger partial charge in [0.05, 0.1) is 12.1 Å². The lowest BCUT2D eigenvalue weighted by Gasteiger charge is -2.29. The fraction of sp³-hybridized carbons (Fsp3) is 0.667. The summed E-state index contributed by atoms with van der Waals surface area (Å²) < 4.78 is 0. The molecule has 9 amide bonds. The molecule has 0 aliphatic heterocycles. The molecule has 0 aromatic rings. The number of carboxylic acids is 3. The van der Waals surface area contributed by atoms with E-state index >= 15 is 0 Å². The quantitative estimate of drug-likeness (QED) is 0.0126. The molecule has 0 aliphatic rings. The van der Waals surface area contributed by atoms with Crippen LogP contribution in [0.3, 0.4) is 0 Å². The summed E-state index contributed by atoms with van der Waals surface area (Å²) in [6.07, 6.45) is -4.47. The summed E-state index contributed by atoms with van der Waals surface area (Å²) in [5.74, 6) is -14.5. The molecular weight excluding hydrogens is 939 g/mol. The molecule has 0 radical (unpaired) electrons. The number of thiol groups is 1. The number of nitrogens with zero attached hydrogens (tertiary/aromatic N) is 1. The van der Waals surface area contributed by atoms with Gasteiger partial charge in [-0.1, -0.05) is 13.8 Å². The van der Waals surface area contributed by atoms with Gasteiger partial charge in [-0.3, -0.25) is 57.7 Å². The predicted molar refractivity (Wildman–Crippen MR) is 245 cm³/mol. The highest BCUT2D eigenvalue weighted by atomic mass is 32.1. The maximum Gasteiger partial charge on any atom is 0.326 e. The normalized spacial score (nSPS) is 15.3. The molecule has 20 N–H and O–H groups in total. The van der Waals surface area contributed by atoms with Crippen LogP contribution < -0.4 is 65.5 Å². The number of aliphatic carboxylic acids is 3. The van der Waals surface area contributed by atoms with Crippen molar-refractivity contribution in [2.24, 2.45) is 33.8 Å². The fourth-order valence-electron chi connectivity index (χ4n) is 5.79. The Morgan fingerprint density at radius 3 is 1.39 bits per heavy atom. The molecule has 30 heteroatoms. The van der Waals surface area contributed by atoms with E-state index in [0.29, 0.717) is 0 Å². The second-order valence-corrected chi connectivity index (χ2v) is 16.5. The Balaban J connectivity index is 6.19. The van der Waals surface area contributed by atoms with E-state index in [1.54, 1.807) is 0 Å². The second kappa shape index (κ2) is 31.3. The Labute approximate surface area is 402 Å². The lowest BCUT2D eigenvalue weighted by Crippen LogP contribution is -2.62. The summed E-state index contributed by atoms with van der Waals surface area (Å²) in [7, 11) is 0. The molecule has 0 aromatic carbocycles. The molecule has 0 aromatic heterocycles. The van der Waals surface area contributed by atoms with Gasteiger partial charge in [0.2, 0.25) is 53.2 Å². The molecule has 0 heterocycles. The van der Waals surface area contributed by atoms with E-state index in [-0.39, 0.29) is 31.8 Å². The standard InChI is InChI=1S/C39H67N13O16S/c1-16(2)28(51-37(66)29(19(5)53)52-31(60)18(4)45-32(61)20(40)8-12-26(55)56)36(65)48-21(9-11-25(41)54)33(62)47-22(10-13-27(57)58)34(63)50-24(15-69)35(64)46-17(3)30(59)49-23(38(67)68)7-6-14-44-39(42)43/h16-24,28-29,53,69H,6-15,40H2,1-5H3,(H2,41,54)(H,45,61)(H,46,64)(H,47,62)(H,48,65)(H,49,59)(H,50,63)(H,51,66)(H,52,60)(H,55,56)(H,57,58)(H,67,68)(H4,42,43,44)/t17-,18-,19+,20-,21-,22-,23-,24-,28-,29-/m0/s1. The predicted octanol–water partition coefficient (Wildman–Crippen LogP) is -6.67. The highest BCUT2D eigenvalue weighted by Gasteiger charge is 2.36. The Morgan fingerprint density at radius 1 is 0.507 bits per heavy atom. The van der Waals surface area contributed by atoms with Gasteiger partial charge in [-0.2, -0.15) is 12.6 Å². The lowest BCUT2D eigenvalue weighted by atomic mass is 10.0. The van der Waals surface area contributed by atoms with Gasteiger partial charge in [-0.25, -0.2) is 4.79 Å². The Bertz CT molecular complexity index is 1880. The number of aliphatic imine (C=N–C) groups is 1. The summed E-state index contributed by atoms with van der Waals surface area (Å²) in [6.45, 7) is 6.60. The van der Waals surface area contributed by atoms with Crippen LogP contribution in [0.25, 0.3) is 0 Å². The molecule has 69 heavy (non-hydrogen) atoms. The Hall–Kier alpha value is -6.82. The number of hydrogen-bond donors (Lipinski definition) is 17. The molecule has 0 bridgehead atoms. The van der Waals surface area contributed by atoms with Crippen LogP contribution in [-0.2, 0) is 57.5 Å². The molecule has 0 saturated carbocycles. The van der Waals surface area contributed by atoms with Crippen molar-refractivity contribution in [3.05, 3.63) is 0 Å². The molecular formula is C39H67N13O16S. The fourth-order valence-corrected chi connectivity index (χ4v) is 6.04. The molecule has 390 valence electrons. The number of amides is 9. The summed E-state index contributed by atoms with van der Waals surface area (Å²) in [5, 5.41) is 56.5. The number of primary amides is 1. The van der Waals surface area contributed by atoms with Crippen LogP contribution >= 0.6 is 12.6 Å². The molecule has 0 unspecified atom stereocenters. The van der Waals surface area contributed by atoms with Crippen molar-refractivity contribution in [3.63, 3.8) is 0 Å². The number of nitrogens with two attached hydrogens (primary N) is 4. The molecule has 0 spiro atoms. The lowest BCUT2D eigenvalue weighted by molar-refractivity contribution is -0.142. The third kappa shape index (κ3) is 24.7. The first-order chi connectivity index (χ1) is 32.0. The maximum atomic E-state index is 13.8. The highest BCUT2D eigenvalue weighted by molar-refractivity contribution is 7.80. The van der Waals surface area contributed by atoms with Crippen LogP contribution in [0.2, 0.25) is 0 Å². The zero-order valence-electron chi connectivity index (χ0n) is 38.8. The van der Waals surface area contributed by atoms with E-state index in [9.17, 15) is 72.9 Å². The second-order valence-electron chi connectivity index (χ2n) is 16.1. The van der Waals surface area contributed by atoms with Crippen molar-refractivity contribution in [2.75, 3.05) is 12.3 Å². The Morgan fingerprint density at radius 2 is 0.928 bits per heavy atom. The van der Waals surface area contributed by atoms with Crippen LogP contribution in [0.15, 0.2) is 4.99 Å².